The van der Waals surface area contributed by atoms with Gasteiger partial charge in [0.05, 0.1) is 23.4 Å². The quantitative estimate of drug-likeness (QED) is 0.313. The molecule has 8 nitrogen and oxygen atoms in total. The number of benzene rings is 3. The Morgan fingerprint density at radius 1 is 0.969 bits per heavy atom. The van der Waals surface area contributed by atoms with Crippen molar-refractivity contribution in [2.75, 3.05) is 10.6 Å². The van der Waals surface area contributed by atoms with Crippen LogP contribution >= 0.6 is 0 Å². The van der Waals surface area contributed by atoms with Crippen molar-refractivity contribution in [1.82, 2.24) is 9.78 Å². The number of hydrogen-bond acceptors (Lipinski definition) is 5. The van der Waals surface area contributed by atoms with Crippen LogP contribution in [0.1, 0.15) is 21.5 Å². The van der Waals surface area contributed by atoms with E-state index in [4.69, 9.17) is 0 Å². The number of carbonyl (C=O) groups is 1. The number of nitrogens with one attached hydrogen (secondary N) is 2. The summed E-state index contributed by atoms with van der Waals surface area (Å²) in [6.07, 6.45) is 3.26. The summed E-state index contributed by atoms with van der Waals surface area (Å²) in [6, 6.07) is 23.8. The van der Waals surface area contributed by atoms with E-state index in [0.29, 0.717) is 24.5 Å². The Kier molecular flexibility index (Phi) is 6.22. The monoisotopic (exact) mass is 427 g/mol. The van der Waals surface area contributed by atoms with E-state index in [-0.39, 0.29) is 11.3 Å². The summed E-state index contributed by atoms with van der Waals surface area (Å²) in [5.41, 5.74) is 2.98. The van der Waals surface area contributed by atoms with E-state index in [9.17, 15) is 14.9 Å². The van der Waals surface area contributed by atoms with Crippen molar-refractivity contribution in [3.63, 3.8) is 0 Å². The molecule has 8 heteroatoms. The van der Waals surface area contributed by atoms with Gasteiger partial charge in [0.1, 0.15) is 5.69 Å². The molecule has 3 aromatic carbocycles. The molecular formula is C24H21N5O3. The predicted octanol–water partition coefficient (Wildman–Crippen LogP) is 4.70. The molecule has 0 atom stereocenters. The number of nitro groups is 1. The van der Waals surface area contributed by atoms with E-state index in [1.54, 1.807) is 29.2 Å². The lowest BCUT2D eigenvalue weighted by atomic mass is 10.1. The molecule has 32 heavy (non-hydrogen) atoms. The summed E-state index contributed by atoms with van der Waals surface area (Å²) in [5, 5.41) is 21.6. The van der Waals surface area contributed by atoms with Crippen LogP contribution in [0.5, 0.6) is 0 Å². The molecule has 160 valence electrons. The molecular weight excluding hydrogens is 406 g/mol. The first-order valence-electron chi connectivity index (χ1n) is 10.0. The van der Waals surface area contributed by atoms with Gasteiger partial charge in [-0.1, -0.05) is 60.7 Å². The highest BCUT2D eigenvalue weighted by Gasteiger charge is 2.18. The third-order valence-corrected chi connectivity index (χ3v) is 4.86. The van der Waals surface area contributed by atoms with Gasteiger partial charge in [0.25, 0.3) is 11.6 Å². The molecule has 1 aromatic heterocycles. The van der Waals surface area contributed by atoms with E-state index in [1.165, 1.54) is 6.07 Å². The summed E-state index contributed by atoms with van der Waals surface area (Å²) in [4.78, 5) is 23.7. The van der Waals surface area contributed by atoms with Gasteiger partial charge in [0.2, 0.25) is 0 Å². The van der Waals surface area contributed by atoms with Gasteiger partial charge in [0.15, 0.2) is 0 Å². The molecule has 0 unspecified atom stereocenters. The van der Waals surface area contributed by atoms with Gasteiger partial charge < -0.3 is 10.6 Å². The average molecular weight is 427 g/mol. The van der Waals surface area contributed by atoms with Crippen LogP contribution in [0.15, 0.2) is 91.3 Å². The van der Waals surface area contributed by atoms with Crippen molar-refractivity contribution in [2.45, 2.75) is 13.1 Å². The molecule has 0 bridgehead atoms. The van der Waals surface area contributed by atoms with E-state index >= 15 is 0 Å². The highest BCUT2D eigenvalue weighted by Crippen LogP contribution is 2.26. The Hall–Kier alpha value is -4.46. The smallest absolute Gasteiger partial charge is 0.293 e. The lowest BCUT2D eigenvalue weighted by molar-refractivity contribution is -0.384. The number of anilines is 2. The van der Waals surface area contributed by atoms with Gasteiger partial charge in [-0.15, -0.1) is 0 Å². The lowest BCUT2D eigenvalue weighted by Gasteiger charge is -2.09. The molecule has 0 aliphatic carbocycles. The van der Waals surface area contributed by atoms with Crippen molar-refractivity contribution in [3.05, 3.63) is 118 Å². The fourth-order valence-corrected chi connectivity index (χ4v) is 3.25. The Bertz CT molecular complexity index is 1220. The zero-order valence-corrected chi connectivity index (χ0v) is 17.1. The van der Waals surface area contributed by atoms with Gasteiger partial charge >= 0.3 is 0 Å². The summed E-state index contributed by atoms with van der Waals surface area (Å²) in [5.74, 6) is -0.443. The van der Waals surface area contributed by atoms with Crippen LogP contribution in [-0.2, 0) is 13.1 Å². The second-order valence-corrected chi connectivity index (χ2v) is 7.19. The molecule has 1 heterocycles. The highest BCUT2D eigenvalue weighted by atomic mass is 16.6. The average Bonchev–Trinajstić information content (AvgIpc) is 3.25. The van der Waals surface area contributed by atoms with E-state index in [2.05, 4.69) is 15.7 Å². The fourth-order valence-electron chi connectivity index (χ4n) is 3.25. The Balaban J connectivity index is 1.44. The van der Waals surface area contributed by atoms with Crippen molar-refractivity contribution < 1.29 is 9.72 Å². The van der Waals surface area contributed by atoms with Gasteiger partial charge in [-0.2, -0.15) is 5.10 Å². The third-order valence-electron chi connectivity index (χ3n) is 4.86. The number of nitrogens with zero attached hydrogens (tertiary/aromatic N) is 3. The van der Waals surface area contributed by atoms with E-state index in [0.717, 1.165) is 11.1 Å². The SMILES string of the molecule is O=C(Nc1cnn(Cc2ccccc2)c1)c1ccc(NCc2ccccc2)c([N+](=O)[O-])c1. The second-order valence-electron chi connectivity index (χ2n) is 7.19. The van der Waals surface area contributed by atoms with Crippen LogP contribution in [0.25, 0.3) is 0 Å². The predicted molar refractivity (Wildman–Crippen MR) is 123 cm³/mol. The van der Waals surface area contributed by atoms with Crippen molar-refractivity contribution in [2.24, 2.45) is 0 Å². The minimum atomic E-state index is -0.498. The first-order valence-corrected chi connectivity index (χ1v) is 10.0. The molecule has 2 N–H and O–H groups in total. The number of amides is 1. The van der Waals surface area contributed by atoms with Crippen LogP contribution in [-0.4, -0.2) is 20.6 Å². The summed E-state index contributed by atoms with van der Waals surface area (Å²) in [7, 11) is 0. The van der Waals surface area contributed by atoms with Crippen molar-refractivity contribution in [1.29, 1.82) is 0 Å². The maximum atomic E-state index is 12.7. The third kappa shape index (κ3) is 5.17. The molecule has 4 aromatic rings. The normalized spacial score (nSPS) is 10.5. The number of hydrogen-bond donors (Lipinski definition) is 2. The fraction of sp³-hybridized carbons (Fsp3) is 0.0833. The van der Waals surface area contributed by atoms with Crippen LogP contribution in [0, 0.1) is 10.1 Å². The largest absolute Gasteiger partial charge is 0.375 e. The maximum absolute atomic E-state index is 12.7. The number of rotatable bonds is 8. The first kappa shape index (κ1) is 20.8. The van der Waals surface area contributed by atoms with Gasteiger partial charge in [-0.05, 0) is 23.3 Å². The van der Waals surface area contributed by atoms with Crippen molar-refractivity contribution >= 4 is 23.0 Å². The molecule has 0 radical (unpaired) electrons. The summed E-state index contributed by atoms with van der Waals surface area (Å²) in [6.45, 7) is 1.01. The zero-order chi connectivity index (χ0) is 22.3. The zero-order valence-electron chi connectivity index (χ0n) is 17.1. The molecule has 0 spiro atoms. The topological polar surface area (TPSA) is 102 Å². The molecule has 0 aliphatic rings. The van der Waals surface area contributed by atoms with E-state index in [1.807, 2.05) is 60.7 Å². The second kappa shape index (κ2) is 9.57. The Morgan fingerprint density at radius 3 is 2.34 bits per heavy atom. The van der Waals surface area contributed by atoms with Crippen LogP contribution in [0.3, 0.4) is 0 Å². The van der Waals surface area contributed by atoms with Crippen LogP contribution < -0.4 is 10.6 Å². The lowest BCUT2D eigenvalue weighted by Crippen LogP contribution is -2.12. The standard InChI is InChI=1S/C24H21N5O3/c30-24(27-21-15-26-28(17-21)16-19-9-5-2-6-10-19)20-11-12-22(23(13-20)29(31)32)25-14-18-7-3-1-4-8-18/h1-13,15,17,25H,14,16H2,(H,27,30). The van der Waals surface area contributed by atoms with Gasteiger partial charge in [0, 0.05) is 24.4 Å². The first-order chi connectivity index (χ1) is 15.6. The Morgan fingerprint density at radius 2 is 1.66 bits per heavy atom. The number of nitro benzene ring substituents is 1. The van der Waals surface area contributed by atoms with Crippen LogP contribution in [0.2, 0.25) is 0 Å². The molecule has 4 rings (SSSR count). The molecule has 0 saturated carbocycles. The van der Waals surface area contributed by atoms with E-state index < -0.39 is 10.8 Å². The molecule has 1 amide bonds. The molecule has 0 fully saturated rings. The molecule has 0 saturated heterocycles. The Labute approximate surface area is 184 Å². The molecule has 0 aliphatic heterocycles. The van der Waals surface area contributed by atoms with Gasteiger partial charge in [-0.3, -0.25) is 19.6 Å². The number of carbonyl (C=O) groups excluding carboxylic acids is 1. The summed E-state index contributed by atoms with van der Waals surface area (Å²) < 4.78 is 1.71. The maximum Gasteiger partial charge on any atom is 0.293 e. The van der Waals surface area contributed by atoms with Crippen LogP contribution in [0.4, 0.5) is 17.1 Å². The minimum Gasteiger partial charge on any atom is -0.375 e. The summed E-state index contributed by atoms with van der Waals surface area (Å²) >= 11 is 0. The minimum absolute atomic E-state index is 0.159. The van der Waals surface area contributed by atoms with Crippen molar-refractivity contribution in [3.8, 4) is 0 Å². The highest BCUT2D eigenvalue weighted by molar-refractivity contribution is 6.05. The number of aromatic nitrogens is 2. The van der Waals surface area contributed by atoms with Gasteiger partial charge in [-0.25, -0.2) is 0 Å².